The molecular formula is C18H26N4O2. The van der Waals surface area contributed by atoms with E-state index in [2.05, 4.69) is 10.3 Å². The molecule has 0 bridgehead atoms. The van der Waals surface area contributed by atoms with Crippen LogP contribution < -0.4 is 5.32 Å². The van der Waals surface area contributed by atoms with Crippen molar-refractivity contribution in [1.82, 2.24) is 20.1 Å². The van der Waals surface area contributed by atoms with Crippen molar-refractivity contribution >= 4 is 11.9 Å². The van der Waals surface area contributed by atoms with E-state index in [1.165, 1.54) is 19.3 Å². The first-order chi connectivity index (χ1) is 11.6. The molecule has 0 spiro atoms. The molecule has 1 aromatic heterocycles. The first-order valence-electron chi connectivity index (χ1n) is 8.79. The molecule has 3 rings (SSSR count). The topological polar surface area (TPSA) is 65.5 Å². The van der Waals surface area contributed by atoms with Crippen LogP contribution in [0, 0.1) is 0 Å². The number of carbonyl (C=O) groups is 2. The molecule has 1 aliphatic carbocycles. The maximum absolute atomic E-state index is 12.7. The van der Waals surface area contributed by atoms with Crippen LogP contribution in [0.4, 0.5) is 4.79 Å². The number of rotatable bonds is 2. The van der Waals surface area contributed by atoms with Gasteiger partial charge in [0.2, 0.25) is 0 Å². The van der Waals surface area contributed by atoms with Crippen molar-refractivity contribution in [2.45, 2.75) is 51.1 Å². The quantitative estimate of drug-likeness (QED) is 0.904. The number of fused-ring (bicyclic) bond motifs is 1. The predicted molar refractivity (Wildman–Crippen MR) is 91.8 cm³/mol. The molecule has 1 saturated carbocycles. The van der Waals surface area contributed by atoms with Gasteiger partial charge in [0.15, 0.2) is 0 Å². The van der Waals surface area contributed by atoms with Crippen LogP contribution in [0.2, 0.25) is 0 Å². The maximum Gasteiger partial charge on any atom is 0.319 e. The largest absolute Gasteiger partial charge is 0.349 e. The summed E-state index contributed by atoms with van der Waals surface area (Å²) in [6, 6.07) is 0.287. The summed E-state index contributed by atoms with van der Waals surface area (Å²) in [5, 5.41) is 3.17. The monoisotopic (exact) mass is 330 g/mol. The van der Waals surface area contributed by atoms with E-state index in [1.54, 1.807) is 36.3 Å². The Morgan fingerprint density at radius 3 is 2.67 bits per heavy atom. The van der Waals surface area contributed by atoms with Crippen LogP contribution >= 0.6 is 0 Å². The van der Waals surface area contributed by atoms with Crippen molar-refractivity contribution in [3.05, 3.63) is 29.1 Å². The molecule has 0 saturated heterocycles. The Labute approximate surface area is 143 Å². The third-order valence-electron chi connectivity index (χ3n) is 4.98. The lowest BCUT2D eigenvalue weighted by Crippen LogP contribution is -2.43. The number of urea groups is 1. The first-order valence-corrected chi connectivity index (χ1v) is 8.79. The van der Waals surface area contributed by atoms with Crippen molar-refractivity contribution in [3.8, 4) is 0 Å². The van der Waals surface area contributed by atoms with E-state index in [4.69, 9.17) is 0 Å². The number of aromatic nitrogens is 1. The molecule has 1 aromatic rings. The lowest BCUT2D eigenvalue weighted by Gasteiger charge is -2.32. The number of amides is 3. The van der Waals surface area contributed by atoms with E-state index in [-0.39, 0.29) is 18.0 Å². The van der Waals surface area contributed by atoms with E-state index >= 15 is 0 Å². The molecule has 0 aromatic carbocycles. The smallest absolute Gasteiger partial charge is 0.319 e. The van der Waals surface area contributed by atoms with E-state index in [9.17, 15) is 9.59 Å². The van der Waals surface area contributed by atoms with Crippen LogP contribution in [0.5, 0.6) is 0 Å². The molecule has 1 N–H and O–H groups in total. The van der Waals surface area contributed by atoms with E-state index in [0.29, 0.717) is 25.1 Å². The molecule has 2 heterocycles. The van der Waals surface area contributed by atoms with Crippen molar-refractivity contribution in [2.24, 2.45) is 0 Å². The normalized spacial score (nSPS) is 18.0. The van der Waals surface area contributed by atoms with Crippen LogP contribution in [0.1, 0.15) is 53.6 Å². The zero-order valence-electron chi connectivity index (χ0n) is 14.5. The first kappa shape index (κ1) is 16.7. The Morgan fingerprint density at radius 1 is 1.21 bits per heavy atom. The third-order valence-corrected chi connectivity index (χ3v) is 4.98. The second-order valence-corrected chi connectivity index (χ2v) is 6.98. The highest BCUT2D eigenvalue weighted by atomic mass is 16.2. The Morgan fingerprint density at radius 2 is 1.96 bits per heavy atom. The SMILES string of the molecule is CN(C)C(=O)N1CCc2c(cncc2C(=O)NC2CCCCC2)C1. The average molecular weight is 330 g/mol. The lowest BCUT2D eigenvalue weighted by molar-refractivity contribution is 0.0925. The molecule has 0 unspecified atom stereocenters. The predicted octanol–water partition coefficient (Wildman–Crippen LogP) is 2.18. The number of nitrogens with one attached hydrogen (secondary N) is 1. The Bertz CT molecular complexity index is 623. The van der Waals surface area contributed by atoms with Gasteiger partial charge in [-0.05, 0) is 30.4 Å². The number of hydrogen-bond donors (Lipinski definition) is 1. The fourth-order valence-electron chi connectivity index (χ4n) is 3.65. The van der Waals surface area contributed by atoms with Gasteiger partial charge in [0.1, 0.15) is 0 Å². The minimum atomic E-state index is -0.0152. The van der Waals surface area contributed by atoms with Gasteiger partial charge in [-0.3, -0.25) is 9.78 Å². The molecule has 6 nitrogen and oxygen atoms in total. The van der Waals surface area contributed by atoms with Crippen molar-refractivity contribution in [1.29, 1.82) is 0 Å². The van der Waals surface area contributed by atoms with Crippen LogP contribution in [-0.4, -0.2) is 53.4 Å². The van der Waals surface area contributed by atoms with Crippen LogP contribution in [0.3, 0.4) is 0 Å². The van der Waals surface area contributed by atoms with Gasteiger partial charge < -0.3 is 15.1 Å². The molecule has 1 aliphatic heterocycles. The van der Waals surface area contributed by atoms with E-state index < -0.39 is 0 Å². The molecule has 24 heavy (non-hydrogen) atoms. The van der Waals surface area contributed by atoms with Crippen LogP contribution in [-0.2, 0) is 13.0 Å². The summed E-state index contributed by atoms with van der Waals surface area (Å²) in [5.74, 6) is -0.0152. The maximum atomic E-state index is 12.7. The minimum Gasteiger partial charge on any atom is -0.349 e. The zero-order chi connectivity index (χ0) is 17.1. The Kier molecular flexibility index (Phi) is 5.02. The van der Waals surface area contributed by atoms with Crippen molar-refractivity contribution in [2.75, 3.05) is 20.6 Å². The summed E-state index contributed by atoms with van der Waals surface area (Å²) in [4.78, 5) is 32.4. The highest BCUT2D eigenvalue weighted by Gasteiger charge is 2.26. The average Bonchev–Trinajstić information content (AvgIpc) is 2.60. The van der Waals surface area contributed by atoms with Gasteiger partial charge in [-0.15, -0.1) is 0 Å². The molecule has 0 atom stereocenters. The molecule has 2 aliphatic rings. The molecule has 3 amide bonds. The summed E-state index contributed by atoms with van der Waals surface area (Å²) in [6.07, 6.45) is 9.94. The third kappa shape index (κ3) is 3.52. The Balaban J connectivity index is 1.74. The molecule has 6 heteroatoms. The van der Waals surface area contributed by atoms with Gasteiger partial charge in [0.25, 0.3) is 5.91 Å². The van der Waals surface area contributed by atoms with Gasteiger partial charge >= 0.3 is 6.03 Å². The second-order valence-electron chi connectivity index (χ2n) is 6.98. The standard InChI is InChI=1S/C18H26N4O2/c1-21(2)18(24)22-9-8-15-13(12-22)10-19-11-16(15)17(23)20-14-6-4-3-5-7-14/h10-11,14H,3-9,12H2,1-2H3,(H,20,23). The summed E-state index contributed by atoms with van der Waals surface area (Å²) in [5.41, 5.74) is 2.70. The van der Waals surface area contributed by atoms with Gasteiger partial charge in [0.05, 0.1) is 5.56 Å². The summed E-state index contributed by atoms with van der Waals surface area (Å²) in [6.45, 7) is 1.15. The van der Waals surface area contributed by atoms with Gasteiger partial charge in [-0.1, -0.05) is 19.3 Å². The molecular weight excluding hydrogens is 304 g/mol. The zero-order valence-corrected chi connectivity index (χ0v) is 14.5. The Hall–Kier alpha value is -2.11. The highest BCUT2D eigenvalue weighted by Crippen LogP contribution is 2.23. The van der Waals surface area contributed by atoms with E-state index in [1.807, 2.05) is 0 Å². The summed E-state index contributed by atoms with van der Waals surface area (Å²) in [7, 11) is 3.51. The summed E-state index contributed by atoms with van der Waals surface area (Å²) < 4.78 is 0. The van der Waals surface area contributed by atoms with E-state index in [0.717, 1.165) is 24.0 Å². The molecule has 1 fully saturated rings. The number of nitrogens with zero attached hydrogens (tertiary/aromatic N) is 3. The number of carbonyl (C=O) groups excluding carboxylic acids is 2. The minimum absolute atomic E-state index is 0.00212. The molecule has 130 valence electrons. The van der Waals surface area contributed by atoms with Gasteiger partial charge in [-0.2, -0.15) is 0 Å². The van der Waals surface area contributed by atoms with Gasteiger partial charge in [0, 0.05) is 45.6 Å². The van der Waals surface area contributed by atoms with Crippen LogP contribution in [0.25, 0.3) is 0 Å². The van der Waals surface area contributed by atoms with Crippen molar-refractivity contribution in [3.63, 3.8) is 0 Å². The number of pyridine rings is 1. The fourth-order valence-corrected chi connectivity index (χ4v) is 3.65. The fraction of sp³-hybridized carbons (Fsp3) is 0.611. The number of hydrogen-bond acceptors (Lipinski definition) is 3. The second kappa shape index (κ2) is 7.20. The van der Waals surface area contributed by atoms with Crippen molar-refractivity contribution < 1.29 is 9.59 Å². The van der Waals surface area contributed by atoms with Crippen LogP contribution in [0.15, 0.2) is 12.4 Å². The summed E-state index contributed by atoms with van der Waals surface area (Å²) >= 11 is 0. The van der Waals surface area contributed by atoms with Gasteiger partial charge in [-0.25, -0.2) is 4.79 Å². The highest BCUT2D eigenvalue weighted by molar-refractivity contribution is 5.96. The lowest BCUT2D eigenvalue weighted by atomic mass is 9.94. The molecule has 0 radical (unpaired) electrons.